The molecule has 2 aromatic carbocycles. The molecule has 0 unspecified atom stereocenters. The number of carbonyl (C=O) groups is 1. The predicted molar refractivity (Wildman–Crippen MR) is 66.9 cm³/mol. The Morgan fingerprint density at radius 3 is 2.35 bits per heavy atom. The van der Waals surface area contributed by atoms with Crippen molar-refractivity contribution in [2.24, 2.45) is 0 Å². The second-order valence-corrected chi connectivity index (χ2v) is 4.11. The average molecular weight is 249 g/mol. The first-order chi connectivity index (χ1) is 8.11. The molecule has 0 aliphatic carbocycles. The largest absolute Gasteiger partial charge is 0.294 e. The van der Waals surface area contributed by atoms with E-state index in [4.69, 9.17) is 11.6 Å². The Morgan fingerprint density at radius 2 is 1.71 bits per heavy atom. The molecule has 0 N–H and O–H groups in total. The molecule has 17 heavy (non-hydrogen) atoms. The van der Waals surface area contributed by atoms with Gasteiger partial charge in [0, 0.05) is 10.6 Å². The van der Waals surface area contributed by atoms with E-state index in [0.717, 1.165) is 0 Å². The van der Waals surface area contributed by atoms with Crippen LogP contribution in [0.2, 0.25) is 5.02 Å². The molecule has 0 aromatic heterocycles. The van der Waals surface area contributed by atoms with Crippen LogP contribution >= 0.6 is 11.6 Å². The Kier molecular flexibility index (Phi) is 3.25. The molecule has 0 saturated heterocycles. The number of carbonyl (C=O) groups excluding carboxylic acids is 1. The molecule has 0 saturated carbocycles. The zero-order valence-corrected chi connectivity index (χ0v) is 9.96. The minimum absolute atomic E-state index is 0.0839. The van der Waals surface area contributed by atoms with Crippen molar-refractivity contribution in [2.45, 2.75) is 6.92 Å². The van der Waals surface area contributed by atoms with Gasteiger partial charge >= 0.3 is 0 Å². The van der Waals surface area contributed by atoms with E-state index in [9.17, 15) is 9.18 Å². The van der Waals surface area contributed by atoms with E-state index >= 15 is 0 Å². The molecule has 0 aliphatic rings. The summed E-state index contributed by atoms with van der Waals surface area (Å²) in [6.07, 6.45) is 0. The van der Waals surface area contributed by atoms with E-state index in [-0.39, 0.29) is 11.3 Å². The number of ketones is 1. The average Bonchev–Trinajstić information content (AvgIpc) is 2.28. The fourth-order valence-electron chi connectivity index (χ4n) is 1.79. The fourth-order valence-corrected chi connectivity index (χ4v) is 2.02. The van der Waals surface area contributed by atoms with Gasteiger partial charge < -0.3 is 0 Å². The van der Waals surface area contributed by atoms with Crippen LogP contribution in [0.5, 0.6) is 0 Å². The maximum absolute atomic E-state index is 13.7. The standard InChI is InChI=1S/C14H10ClFO/c1-9(17)14-11(6-4-8-13(14)16)10-5-2-3-7-12(10)15/h2-8H,1H3. The number of hydrogen-bond acceptors (Lipinski definition) is 1. The summed E-state index contributed by atoms with van der Waals surface area (Å²) in [6.45, 7) is 1.35. The third-order valence-corrected chi connectivity index (χ3v) is 2.86. The van der Waals surface area contributed by atoms with Crippen molar-refractivity contribution in [3.8, 4) is 11.1 Å². The quantitative estimate of drug-likeness (QED) is 0.722. The number of Topliss-reactive ketones (excluding diaryl/α,β-unsaturated/α-hetero) is 1. The highest BCUT2D eigenvalue weighted by Crippen LogP contribution is 2.31. The smallest absolute Gasteiger partial charge is 0.163 e. The van der Waals surface area contributed by atoms with Gasteiger partial charge in [0.25, 0.3) is 0 Å². The van der Waals surface area contributed by atoms with Crippen LogP contribution < -0.4 is 0 Å². The van der Waals surface area contributed by atoms with Gasteiger partial charge in [-0.2, -0.15) is 0 Å². The minimum atomic E-state index is -0.519. The van der Waals surface area contributed by atoms with Crippen molar-refractivity contribution in [1.29, 1.82) is 0 Å². The summed E-state index contributed by atoms with van der Waals surface area (Å²) in [4.78, 5) is 11.5. The van der Waals surface area contributed by atoms with Crippen molar-refractivity contribution in [3.63, 3.8) is 0 Å². The highest BCUT2D eigenvalue weighted by atomic mass is 35.5. The lowest BCUT2D eigenvalue weighted by molar-refractivity contribution is 0.101. The topological polar surface area (TPSA) is 17.1 Å². The van der Waals surface area contributed by atoms with Gasteiger partial charge in [0.2, 0.25) is 0 Å². The second-order valence-electron chi connectivity index (χ2n) is 3.70. The molecule has 0 aliphatic heterocycles. The first kappa shape index (κ1) is 11.8. The molecule has 0 fully saturated rings. The van der Waals surface area contributed by atoms with Gasteiger partial charge in [-0.25, -0.2) is 4.39 Å². The summed E-state index contributed by atoms with van der Waals surface area (Å²) in [5.74, 6) is -0.826. The van der Waals surface area contributed by atoms with Crippen LogP contribution in [0.3, 0.4) is 0 Å². The van der Waals surface area contributed by atoms with Crippen LogP contribution in [0.4, 0.5) is 4.39 Å². The van der Waals surface area contributed by atoms with E-state index < -0.39 is 5.82 Å². The summed E-state index contributed by atoms with van der Waals surface area (Å²) < 4.78 is 13.7. The summed E-state index contributed by atoms with van der Waals surface area (Å²) in [5, 5.41) is 0.501. The number of halogens is 2. The van der Waals surface area contributed by atoms with Gasteiger partial charge in [0.05, 0.1) is 5.56 Å². The summed E-state index contributed by atoms with van der Waals surface area (Å²) in [5.41, 5.74) is 1.28. The molecule has 3 heteroatoms. The maximum atomic E-state index is 13.7. The highest BCUT2D eigenvalue weighted by molar-refractivity contribution is 6.33. The van der Waals surface area contributed by atoms with Crippen molar-refractivity contribution in [3.05, 3.63) is 58.9 Å². The molecule has 86 valence electrons. The molecule has 1 nitrogen and oxygen atoms in total. The third kappa shape index (κ3) is 2.22. The van der Waals surface area contributed by atoms with Crippen LogP contribution in [0.15, 0.2) is 42.5 Å². The lowest BCUT2D eigenvalue weighted by Crippen LogP contribution is -2.00. The van der Waals surface area contributed by atoms with Crippen LogP contribution in [0.1, 0.15) is 17.3 Å². The van der Waals surface area contributed by atoms with Crippen molar-refractivity contribution >= 4 is 17.4 Å². The monoisotopic (exact) mass is 248 g/mol. The number of rotatable bonds is 2. The molecule has 0 heterocycles. The SMILES string of the molecule is CC(=O)c1c(F)cccc1-c1ccccc1Cl. The van der Waals surface area contributed by atoms with Gasteiger partial charge in [-0.15, -0.1) is 0 Å². The zero-order valence-electron chi connectivity index (χ0n) is 9.21. The van der Waals surface area contributed by atoms with Crippen LogP contribution in [0.25, 0.3) is 11.1 Å². The van der Waals surface area contributed by atoms with E-state index in [1.54, 1.807) is 36.4 Å². The van der Waals surface area contributed by atoms with Crippen molar-refractivity contribution in [1.82, 2.24) is 0 Å². The fraction of sp³-hybridized carbons (Fsp3) is 0.0714. The van der Waals surface area contributed by atoms with Gasteiger partial charge in [-0.3, -0.25) is 4.79 Å². The lowest BCUT2D eigenvalue weighted by atomic mass is 9.97. The van der Waals surface area contributed by atoms with Gasteiger partial charge in [-0.05, 0) is 24.6 Å². The number of hydrogen-bond donors (Lipinski definition) is 0. The summed E-state index contributed by atoms with van der Waals surface area (Å²) >= 11 is 6.05. The van der Waals surface area contributed by atoms with Crippen molar-refractivity contribution in [2.75, 3.05) is 0 Å². The van der Waals surface area contributed by atoms with E-state index in [1.807, 2.05) is 0 Å². The van der Waals surface area contributed by atoms with Crippen LogP contribution in [-0.2, 0) is 0 Å². The van der Waals surface area contributed by atoms with Gasteiger partial charge in [0.1, 0.15) is 5.82 Å². The molecule has 0 radical (unpaired) electrons. The van der Waals surface area contributed by atoms with Gasteiger partial charge in [-0.1, -0.05) is 41.9 Å². The Labute approximate surface area is 104 Å². The molecule has 2 rings (SSSR count). The summed E-state index contributed by atoms with van der Waals surface area (Å²) in [6, 6.07) is 11.6. The maximum Gasteiger partial charge on any atom is 0.163 e. The molecule has 0 atom stereocenters. The van der Waals surface area contributed by atoms with E-state index in [2.05, 4.69) is 0 Å². The van der Waals surface area contributed by atoms with E-state index in [1.165, 1.54) is 13.0 Å². The van der Waals surface area contributed by atoms with Crippen molar-refractivity contribution < 1.29 is 9.18 Å². The van der Waals surface area contributed by atoms with Crippen LogP contribution in [0, 0.1) is 5.82 Å². The minimum Gasteiger partial charge on any atom is -0.294 e. The van der Waals surface area contributed by atoms with Crippen LogP contribution in [-0.4, -0.2) is 5.78 Å². The Hall–Kier alpha value is -1.67. The molecule has 0 bridgehead atoms. The molecule has 0 spiro atoms. The Balaban J connectivity index is 2.72. The zero-order chi connectivity index (χ0) is 12.4. The molecular weight excluding hydrogens is 239 g/mol. The summed E-state index contributed by atoms with van der Waals surface area (Å²) in [7, 11) is 0. The molecular formula is C14H10ClFO. The Morgan fingerprint density at radius 1 is 1.06 bits per heavy atom. The molecule has 0 amide bonds. The predicted octanol–water partition coefficient (Wildman–Crippen LogP) is 4.35. The second kappa shape index (κ2) is 4.68. The third-order valence-electron chi connectivity index (χ3n) is 2.53. The lowest BCUT2D eigenvalue weighted by Gasteiger charge is -2.09. The first-order valence-electron chi connectivity index (χ1n) is 5.15. The first-order valence-corrected chi connectivity index (χ1v) is 5.53. The highest BCUT2D eigenvalue weighted by Gasteiger charge is 2.15. The van der Waals surface area contributed by atoms with E-state index in [0.29, 0.717) is 16.1 Å². The Bertz CT molecular complexity index is 578. The normalized spacial score (nSPS) is 10.3. The molecule has 2 aromatic rings. The number of benzene rings is 2. The van der Waals surface area contributed by atoms with Gasteiger partial charge in [0.15, 0.2) is 5.78 Å².